The van der Waals surface area contributed by atoms with Crippen molar-refractivity contribution in [2.75, 3.05) is 0 Å². The van der Waals surface area contributed by atoms with Crippen LogP contribution in [0.1, 0.15) is 0 Å². The first-order valence-electron chi connectivity index (χ1n) is 3.45. The van der Waals surface area contributed by atoms with Gasteiger partial charge in [-0.3, -0.25) is 9.78 Å². The molecule has 0 saturated carbocycles. The molecule has 0 aliphatic carbocycles. The zero-order valence-electron chi connectivity index (χ0n) is 6.14. The van der Waals surface area contributed by atoms with E-state index in [1.54, 1.807) is 24.4 Å². The van der Waals surface area contributed by atoms with Gasteiger partial charge in [0.2, 0.25) is 0 Å². The van der Waals surface area contributed by atoms with E-state index in [0.717, 1.165) is 0 Å². The van der Waals surface area contributed by atoms with Crippen LogP contribution in [0.15, 0.2) is 35.3 Å². The van der Waals surface area contributed by atoms with Crippen LogP contribution in [-0.4, -0.2) is 15.2 Å². The summed E-state index contributed by atoms with van der Waals surface area (Å²) in [6.07, 6.45) is 1.65. The number of fused-ring (bicyclic) bond motifs is 1. The average Bonchev–Trinajstić information content (AvgIpc) is 2.29. The van der Waals surface area contributed by atoms with Crippen molar-refractivity contribution in [2.45, 2.75) is 0 Å². The standard InChI is InChI=1S/C8H5N3O/c12-8-4-3-6-7(10-11-8)2-1-5-9-6/h1-5H. The molecule has 0 saturated heterocycles. The molecule has 58 valence electrons. The molecule has 2 rings (SSSR count). The first-order chi connectivity index (χ1) is 5.86. The predicted molar refractivity (Wildman–Crippen MR) is 43.6 cm³/mol. The van der Waals surface area contributed by atoms with E-state index < -0.39 is 0 Å². The Hall–Kier alpha value is -1.84. The molecule has 2 aromatic heterocycles. The monoisotopic (exact) mass is 159 g/mol. The Morgan fingerprint density at radius 3 is 2.83 bits per heavy atom. The molecule has 0 amide bonds. The molecule has 0 aliphatic rings. The molecule has 2 aromatic rings. The number of aromatic nitrogens is 3. The highest BCUT2D eigenvalue weighted by atomic mass is 16.1. The Labute approximate surface area is 67.9 Å². The molecule has 0 unspecified atom stereocenters. The van der Waals surface area contributed by atoms with Crippen molar-refractivity contribution in [1.29, 1.82) is 0 Å². The van der Waals surface area contributed by atoms with Crippen molar-refractivity contribution in [3.63, 3.8) is 0 Å². The van der Waals surface area contributed by atoms with Crippen molar-refractivity contribution in [1.82, 2.24) is 15.2 Å². The third-order valence-corrected chi connectivity index (χ3v) is 1.46. The molecule has 0 fully saturated rings. The zero-order chi connectivity index (χ0) is 8.39. The van der Waals surface area contributed by atoms with Crippen LogP contribution in [0.3, 0.4) is 0 Å². The summed E-state index contributed by atoms with van der Waals surface area (Å²) in [5.41, 5.74) is 0.944. The Morgan fingerprint density at radius 2 is 1.92 bits per heavy atom. The number of rotatable bonds is 0. The van der Waals surface area contributed by atoms with Crippen LogP contribution in [0.25, 0.3) is 11.0 Å². The van der Waals surface area contributed by atoms with Crippen LogP contribution in [0.4, 0.5) is 0 Å². The molecule has 0 atom stereocenters. The van der Waals surface area contributed by atoms with E-state index >= 15 is 0 Å². The fourth-order valence-electron chi connectivity index (χ4n) is 0.909. The van der Waals surface area contributed by atoms with E-state index in [1.165, 1.54) is 6.07 Å². The maximum absolute atomic E-state index is 10.8. The molecule has 0 bridgehead atoms. The molecule has 2 heterocycles. The van der Waals surface area contributed by atoms with Gasteiger partial charge in [0.1, 0.15) is 5.52 Å². The minimum atomic E-state index is -0.354. The number of pyridine rings is 1. The third-order valence-electron chi connectivity index (χ3n) is 1.46. The van der Waals surface area contributed by atoms with Crippen LogP contribution in [-0.2, 0) is 0 Å². The summed E-state index contributed by atoms with van der Waals surface area (Å²) >= 11 is 0. The van der Waals surface area contributed by atoms with Gasteiger partial charge in [-0.25, -0.2) is 0 Å². The second-order valence-corrected chi connectivity index (χ2v) is 2.28. The molecule has 0 aromatic carbocycles. The van der Waals surface area contributed by atoms with Crippen molar-refractivity contribution in [3.8, 4) is 0 Å². The molecule has 12 heavy (non-hydrogen) atoms. The first-order valence-corrected chi connectivity index (χ1v) is 3.45. The molecule has 0 aliphatic heterocycles. The summed E-state index contributed by atoms with van der Waals surface area (Å²) in [7, 11) is 0. The smallest absolute Gasteiger partial charge is 0.266 e. The molecule has 0 radical (unpaired) electrons. The van der Waals surface area contributed by atoms with E-state index in [0.29, 0.717) is 11.0 Å². The van der Waals surface area contributed by atoms with Crippen molar-refractivity contribution < 1.29 is 0 Å². The second kappa shape index (κ2) is 2.65. The van der Waals surface area contributed by atoms with Gasteiger partial charge in [-0.05, 0) is 18.2 Å². The van der Waals surface area contributed by atoms with Crippen LogP contribution < -0.4 is 5.56 Å². The Bertz CT molecular complexity index is 428. The Balaban J connectivity index is 2.94. The molecular formula is C8H5N3O. The summed E-state index contributed by atoms with van der Waals surface area (Å²) in [4.78, 5) is 14.8. The summed E-state index contributed by atoms with van der Waals surface area (Å²) in [6.45, 7) is 0. The van der Waals surface area contributed by atoms with Gasteiger partial charge in [0.05, 0.1) is 5.52 Å². The molecule has 0 spiro atoms. The summed E-state index contributed by atoms with van der Waals surface area (Å²) in [5.74, 6) is 0. The van der Waals surface area contributed by atoms with Gasteiger partial charge >= 0.3 is 0 Å². The van der Waals surface area contributed by atoms with Gasteiger partial charge in [0.25, 0.3) is 5.56 Å². The van der Waals surface area contributed by atoms with Gasteiger partial charge in [0.15, 0.2) is 0 Å². The fourth-order valence-corrected chi connectivity index (χ4v) is 0.909. The largest absolute Gasteiger partial charge is 0.288 e. The average molecular weight is 159 g/mol. The number of hydrogen-bond donors (Lipinski definition) is 0. The van der Waals surface area contributed by atoms with Gasteiger partial charge in [0, 0.05) is 12.3 Å². The lowest BCUT2D eigenvalue weighted by Gasteiger charge is -1.84. The minimum Gasteiger partial charge on any atom is -0.266 e. The Morgan fingerprint density at radius 1 is 1.00 bits per heavy atom. The molecule has 0 N–H and O–H groups in total. The van der Waals surface area contributed by atoms with E-state index in [1.807, 2.05) is 0 Å². The molecular weight excluding hydrogens is 154 g/mol. The lowest BCUT2D eigenvalue weighted by atomic mass is 10.3. The van der Waals surface area contributed by atoms with Gasteiger partial charge < -0.3 is 0 Å². The zero-order valence-corrected chi connectivity index (χ0v) is 6.14. The quantitative estimate of drug-likeness (QED) is 0.557. The first kappa shape index (κ1) is 6.84. The maximum Gasteiger partial charge on any atom is 0.288 e. The lowest BCUT2D eigenvalue weighted by molar-refractivity contribution is 1.04. The van der Waals surface area contributed by atoms with Crippen LogP contribution >= 0.6 is 0 Å². The summed E-state index contributed by atoms with van der Waals surface area (Å²) in [5, 5.41) is 7.14. The van der Waals surface area contributed by atoms with E-state index in [-0.39, 0.29) is 5.56 Å². The van der Waals surface area contributed by atoms with Crippen molar-refractivity contribution in [3.05, 3.63) is 40.8 Å². The lowest BCUT2D eigenvalue weighted by Crippen LogP contribution is -1.99. The van der Waals surface area contributed by atoms with Crippen LogP contribution in [0.5, 0.6) is 0 Å². The molecule has 4 nitrogen and oxygen atoms in total. The molecule has 4 heteroatoms. The highest BCUT2D eigenvalue weighted by Gasteiger charge is 1.91. The normalized spacial score (nSPS) is 10.0. The maximum atomic E-state index is 10.8. The topological polar surface area (TPSA) is 55.7 Å². The van der Waals surface area contributed by atoms with Gasteiger partial charge in [-0.2, -0.15) is 0 Å². The van der Waals surface area contributed by atoms with E-state index in [2.05, 4.69) is 15.2 Å². The van der Waals surface area contributed by atoms with Gasteiger partial charge in [-0.1, -0.05) is 0 Å². The van der Waals surface area contributed by atoms with Crippen LogP contribution in [0.2, 0.25) is 0 Å². The van der Waals surface area contributed by atoms with Gasteiger partial charge in [-0.15, -0.1) is 10.2 Å². The number of hydrogen-bond acceptors (Lipinski definition) is 4. The highest BCUT2D eigenvalue weighted by molar-refractivity contribution is 5.71. The summed E-state index contributed by atoms with van der Waals surface area (Å²) < 4.78 is 0. The SMILES string of the molecule is O=c1ccc2ncccc2nn1. The predicted octanol–water partition coefficient (Wildman–Crippen LogP) is 0.385. The third kappa shape index (κ3) is 1.14. The number of nitrogens with zero attached hydrogens (tertiary/aromatic N) is 3. The highest BCUT2D eigenvalue weighted by Crippen LogP contribution is 2.01. The summed E-state index contributed by atoms with van der Waals surface area (Å²) in [6, 6.07) is 6.47. The van der Waals surface area contributed by atoms with Crippen molar-refractivity contribution in [2.24, 2.45) is 0 Å². The fraction of sp³-hybridized carbons (Fsp3) is 0. The van der Waals surface area contributed by atoms with Crippen LogP contribution in [0, 0.1) is 0 Å². The second-order valence-electron chi connectivity index (χ2n) is 2.28. The van der Waals surface area contributed by atoms with Crippen molar-refractivity contribution >= 4 is 11.0 Å². The Kier molecular flexibility index (Phi) is 1.51. The van der Waals surface area contributed by atoms with E-state index in [9.17, 15) is 4.79 Å². The minimum absolute atomic E-state index is 0.354. The van der Waals surface area contributed by atoms with E-state index in [4.69, 9.17) is 0 Å².